The molecule has 11 nitrogen and oxygen atoms in total. The second kappa shape index (κ2) is 8.70. The lowest BCUT2D eigenvalue weighted by Crippen LogP contribution is -2.16. The van der Waals surface area contributed by atoms with Gasteiger partial charge in [0.15, 0.2) is 5.16 Å². The molecule has 0 unspecified atom stereocenters. The molecule has 0 aliphatic heterocycles. The highest BCUT2D eigenvalue weighted by Crippen LogP contribution is 2.18. The fourth-order valence-corrected chi connectivity index (χ4v) is 3.70. The number of amides is 1. The molecule has 3 rings (SSSR count). The van der Waals surface area contributed by atoms with Crippen LogP contribution in [0, 0.1) is 0 Å². The molecule has 1 aromatic carbocycles. The third-order valence-corrected chi connectivity index (χ3v) is 5.50. The fraction of sp³-hybridized carbons (Fsp3) is 0.0625. The van der Waals surface area contributed by atoms with Crippen LogP contribution >= 0.6 is 11.8 Å². The second-order valence-corrected chi connectivity index (χ2v) is 8.09. The molecule has 0 radical (unpaired) electrons. The van der Waals surface area contributed by atoms with Crippen molar-refractivity contribution in [3.05, 3.63) is 59.1 Å². The molecule has 150 valence electrons. The van der Waals surface area contributed by atoms with Crippen molar-refractivity contribution in [1.82, 2.24) is 19.9 Å². The van der Waals surface area contributed by atoms with Gasteiger partial charge in [0, 0.05) is 18.1 Å². The van der Waals surface area contributed by atoms with E-state index in [0.29, 0.717) is 5.69 Å². The topological polar surface area (TPSA) is 167 Å². The molecule has 29 heavy (non-hydrogen) atoms. The fourth-order valence-electron chi connectivity index (χ4n) is 2.07. The minimum atomic E-state index is -3.87. The number of thioether (sulfide) groups is 1. The van der Waals surface area contributed by atoms with Crippen molar-refractivity contribution in [3.8, 4) is 5.88 Å². The van der Waals surface area contributed by atoms with E-state index in [9.17, 15) is 23.1 Å². The smallest absolute Gasteiger partial charge is 0.264 e. The van der Waals surface area contributed by atoms with Crippen molar-refractivity contribution in [2.75, 3.05) is 15.8 Å². The number of H-pyrrole nitrogens is 1. The number of aromatic amines is 1. The van der Waals surface area contributed by atoms with Crippen LogP contribution in [0.3, 0.4) is 0 Å². The molecule has 0 saturated carbocycles. The maximum absolute atomic E-state index is 12.3. The van der Waals surface area contributed by atoms with Crippen molar-refractivity contribution < 1.29 is 18.3 Å². The number of aromatic nitrogens is 4. The van der Waals surface area contributed by atoms with Crippen LogP contribution in [0.1, 0.15) is 0 Å². The van der Waals surface area contributed by atoms with Crippen LogP contribution in [0.2, 0.25) is 0 Å². The minimum Gasteiger partial charge on any atom is -0.493 e. The van der Waals surface area contributed by atoms with Crippen LogP contribution < -0.4 is 15.6 Å². The Morgan fingerprint density at radius 1 is 1.17 bits per heavy atom. The Hall–Kier alpha value is -3.45. The predicted molar refractivity (Wildman–Crippen MR) is 105 cm³/mol. The summed E-state index contributed by atoms with van der Waals surface area (Å²) in [6.45, 7) is 0. The standard InChI is InChI=1S/C16H14N6O5S2/c23-12-8-13(24)21-16(20-12)28-9-14(25)19-10-2-4-11(5-3-10)29(26,27)22-15-17-6-1-7-18-15/h1-8H,9H2,(H,19,25)(H,17,18,22)(H2,20,21,23,24). The van der Waals surface area contributed by atoms with Crippen LogP contribution in [-0.4, -0.2) is 45.1 Å². The molecule has 0 saturated heterocycles. The van der Waals surface area contributed by atoms with E-state index in [-0.39, 0.29) is 21.8 Å². The summed E-state index contributed by atoms with van der Waals surface area (Å²) in [5, 5.41) is 12.0. The highest BCUT2D eigenvalue weighted by atomic mass is 32.2. The van der Waals surface area contributed by atoms with Crippen molar-refractivity contribution >= 4 is 39.3 Å². The summed E-state index contributed by atoms with van der Waals surface area (Å²) in [6.07, 6.45) is 2.81. The van der Waals surface area contributed by atoms with E-state index in [1.807, 2.05) is 0 Å². The zero-order valence-corrected chi connectivity index (χ0v) is 16.2. The predicted octanol–water partition coefficient (Wildman–Crippen LogP) is 0.797. The summed E-state index contributed by atoms with van der Waals surface area (Å²) in [5.41, 5.74) is -0.158. The third-order valence-electron chi connectivity index (χ3n) is 3.29. The van der Waals surface area contributed by atoms with E-state index in [0.717, 1.165) is 17.8 Å². The number of anilines is 2. The Balaban J connectivity index is 1.59. The SMILES string of the molecule is O=C(CSc1nc(O)cc(=O)[nH]1)Nc1ccc(S(=O)(=O)Nc2ncccn2)cc1. The monoisotopic (exact) mass is 434 g/mol. The van der Waals surface area contributed by atoms with Gasteiger partial charge in [0.05, 0.1) is 16.7 Å². The molecule has 0 aliphatic carbocycles. The van der Waals surface area contributed by atoms with E-state index in [4.69, 9.17) is 0 Å². The molecular weight excluding hydrogens is 420 g/mol. The Kier molecular flexibility index (Phi) is 6.09. The first kappa shape index (κ1) is 20.3. The number of rotatable bonds is 7. The van der Waals surface area contributed by atoms with E-state index in [1.54, 1.807) is 6.07 Å². The maximum Gasteiger partial charge on any atom is 0.264 e. The number of hydrogen-bond acceptors (Lipinski definition) is 9. The molecule has 0 bridgehead atoms. The van der Waals surface area contributed by atoms with Crippen LogP contribution in [0.5, 0.6) is 5.88 Å². The van der Waals surface area contributed by atoms with Gasteiger partial charge in [-0.05, 0) is 30.3 Å². The summed E-state index contributed by atoms with van der Waals surface area (Å²) >= 11 is 0.926. The van der Waals surface area contributed by atoms with Gasteiger partial charge in [-0.25, -0.2) is 23.1 Å². The van der Waals surface area contributed by atoms with Gasteiger partial charge in [0.2, 0.25) is 17.7 Å². The summed E-state index contributed by atoms with van der Waals surface area (Å²) in [4.78, 5) is 36.9. The number of hydrogen-bond donors (Lipinski definition) is 4. The average molecular weight is 434 g/mol. The molecule has 3 aromatic rings. The maximum atomic E-state index is 12.3. The number of benzene rings is 1. The van der Waals surface area contributed by atoms with Crippen LogP contribution in [0.25, 0.3) is 0 Å². The number of aromatic hydroxyl groups is 1. The van der Waals surface area contributed by atoms with Crippen molar-refractivity contribution in [2.24, 2.45) is 0 Å². The molecule has 0 spiro atoms. The Labute approximate surface area is 168 Å². The van der Waals surface area contributed by atoms with Gasteiger partial charge in [-0.15, -0.1) is 0 Å². The van der Waals surface area contributed by atoms with Gasteiger partial charge in [-0.3, -0.25) is 9.59 Å². The number of nitrogens with zero attached hydrogens (tertiary/aromatic N) is 3. The number of sulfonamides is 1. The lowest BCUT2D eigenvalue weighted by molar-refractivity contribution is -0.113. The van der Waals surface area contributed by atoms with Gasteiger partial charge in [-0.1, -0.05) is 11.8 Å². The van der Waals surface area contributed by atoms with Gasteiger partial charge in [0.25, 0.3) is 15.6 Å². The largest absolute Gasteiger partial charge is 0.493 e. The van der Waals surface area contributed by atoms with Crippen LogP contribution in [-0.2, 0) is 14.8 Å². The van der Waals surface area contributed by atoms with Crippen LogP contribution in [0.4, 0.5) is 11.6 Å². The Bertz CT molecular complexity index is 1170. The molecule has 2 heterocycles. The minimum absolute atomic E-state index is 0.0288. The Morgan fingerprint density at radius 2 is 1.86 bits per heavy atom. The zero-order chi connectivity index (χ0) is 20.9. The first-order valence-electron chi connectivity index (χ1n) is 7.95. The molecule has 13 heteroatoms. The summed E-state index contributed by atoms with van der Waals surface area (Å²) in [6, 6.07) is 7.97. The molecule has 4 N–H and O–H groups in total. The van der Waals surface area contributed by atoms with E-state index in [2.05, 4.69) is 30.0 Å². The molecule has 0 aliphatic rings. The molecule has 0 atom stereocenters. The van der Waals surface area contributed by atoms with Gasteiger partial charge in [0.1, 0.15) is 0 Å². The summed E-state index contributed by atoms with van der Waals surface area (Å²) < 4.78 is 26.9. The molecule has 2 aromatic heterocycles. The normalized spacial score (nSPS) is 11.0. The molecule has 0 fully saturated rings. The molecule has 1 amide bonds. The van der Waals surface area contributed by atoms with Gasteiger partial charge >= 0.3 is 0 Å². The van der Waals surface area contributed by atoms with Gasteiger partial charge in [-0.2, -0.15) is 4.98 Å². The van der Waals surface area contributed by atoms with Crippen molar-refractivity contribution in [2.45, 2.75) is 10.1 Å². The highest BCUT2D eigenvalue weighted by Gasteiger charge is 2.15. The number of nitrogens with one attached hydrogen (secondary N) is 3. The quantitative estimate of drug-likeness (QED) is 0.310. The lowest BCUT2D eigenvalue weighted by atomic mass is 10.3. The first-order chi connectivity index (χ1) is 13.8. The molecular formula is C16H14N6O5S2. The Morgan fingerprint density at radius 3 is 2.52 bits per heavy atom. The second-order valence-electron chi connectivity index (χ2n) is 5.45. The summed E-state index contributed by atoms with van der Waals surface area (Å²) in [5.74, 6) is -0.991. The lowest BCUT2D eigenvalue weighted by Gasteiger charge is -2.08. The average Bonchev–Trinajstić information content (AvgIpc) is 2.66. The van der Waals surface area contributed by atoms with E-state index >= 15 is 0 Å². The number of carbonyl (C=O) groups excluding carboxylic acids is 1. The van der Waals surface area contributed by atoms with Crippen molar-refractivity contribution in [1.29, 1.82) is 0 Å². The number of carbonyl (C=O) groups is 1. The third kappa shape index (κ3) is 5.76. The van der Waals surface area contributed by atoms with Gasteiger partial charge < -0.3 is 15.4 Å². The van der Waals surface area contributed by atoms with Crippen LogP contribution in [0.15, 0.2) is 63.6 Å². The first-order valence-corrected chi connectivity index (χ1v) is 10.4. The zero-order valence-electron chi connectivity index (χ0n) is 14.6. The van der Waals surface area contributed by atoms with E-state index < -0.39 is 27.4 Å². The highest BCUT2D eigenvalue weighted by molar-refractivity contribution is 7.99. The van der Waals surface area contributed by atoms with Crippen molar-refractivity contribution in [3.63, 3.8) is 0 Å². The van der Waals surface area contributed by atoms with E-state index in [1.165, 1.54) is 36.7 Å². The summed E-state index contributed by atoms with van der Waals surface area (Å²) in [7, 11) is -3.87.